The second kappa shape index (κ2) is 8.50. The van der Waals surface area contributed by atoms with Gasteiger partial charge in [0, 0.05) is 35.4 Å². The Balaban J connectivity index is 1.45. The monoisotopic (exact) mass is 397 g/mol. The molecule has 3 aromatic rings. The van der Waals surface area contributed by atoms with E-state index in [2.05, 4.69) is 51.6 Å². The molecule has 0 amide bonds. The van der Waals surface area contributed by atoms with Crippen LogP contribution in [0.1, 0.15) is 39.5 Å². The SMILES string of the molecule is CC(C)CN[C@H]1CC[C@H](Nc2cc(-c3c[nH]c4ncccc34)cc(Cl)n2)CC1. The smallest absolute Gasteiger partial charge is 0.137 e. The van der Waals surface area contributed by atoms with Gasteiger partial charge in [-0.2, -0.15) is 0 Å². The molecule has 28 heavy (non-hydrogen) atoms. The molecular weight excluding hydrogens is 370 g/mol. The molecule has 6 heteroatoms. The summed E-state index contributed by atoms with van der Waals surface area (Å²) in [5, 5.41) is 8.89. The van der Waals surface area contributed by atoms with E-state index in [1.807, 2.05) is 18.3 Å². The normalized spacial score (nSPS) is 20.0. The molecule has 5 nitrogen and oxygen atoms in total. The number of hydrogen-bond donors (Lipinski definition) is 3. The lowest BCUT2D eigenvalue weighted by molar-refractivity contribution is 0.341. The molecular formula is C22H28ClN5. The summed E-state index contributed by atoms with van der Waals surface area (Å²) in [6.07, 6.45) is 8.48. The van der Waals surface area contributed by atoms with Gasteiger partial charge in [0.2, 0.25) is 0 Å². The third kappa shape index (κ3) is 4.47. The maximum Gasteiger partial charge on any atom is 0.137 e. The number of H-pyrrole nitrogens is 1. The van der Waals surface area contributed by atoms with Crippen LogP contribution in [0, 0.1) is 5.92 Å². The standard InChI is InChI=1S/C22H28ClN5/c1-14(2)12-25-16-5-7-17(8-6-16)27-21-11-15(10-20(23)28-21)19-13-26-22-18(19)4-3-9-24-22/h3-4,9-11,13-14,16-17,25H,5-8,12H2,1-2H3,(H,24,26)(H,27,28)/t16-,17-. The fourth-order valence-corrected chi connectivity index (χ4v) is 4.18. The first-order valence-electron chi connectivity index (χ1n) is 10.2. The molecule has 3 heterocycles. The van der Waals surface area contributed by atoms with E-state index in [1.165, 1.54) is 12.8 Å². The van der Waals surface area contributed by atoms with Crippen molar-refractivity contribution < 1.29 is 0 Å². The number of anilines is 1. The average Bonchev–Trinajstić information content (AvgIpc) is 3.11. The Morgan fingerprint density at radius 1 is 1.18 bits per heavy atom. The predicted molar refractivity (Wildman–Crippen MR) is 117 cm³/mol. The van der Waals surface area contributed by atoms with Crippen molar-refractivity contribution in [3.63, 3.8) is 0 Å². The van der Waals surface area contributed by atoms with E-state index < -0.39 is 0 Å². The van der Waals surface area contributed by atoms with Gasteiger partial charge < -0.3 is 15.6 Å². The number of hydrogen-bond acceptors (Lipinski definition) is 4. The van der Waals surface area contributed by atoms with Crippen molar-refractivity contribution in [2.75, 3.05) is 11.9 Å². The minimum atomic E-state index is 0.445. The fraction of sp³-hybridized carbons (Fsp3) is 0.455. The largest absolute Gasteiger partial charge is 0.367 e. The van der Waals surface area contributed by atoms with Crippen LogP contribution in [-0.4, -0.2) is 33.6 Å². The van der Waals surface area contributed by atoms with Gasteiger partial charge in [-0.3, -0.25) is 0 Å². The third-order valence-electron chi connectivity index (χ3n) is 5.45. The van der Waals surface area contributed by atoms with Crippen LogP contribution in [0.4, 0.5) is 5.82 Å². The number of halogens is 1. The first-order chi connectivity index (χ1) is 13.6. The number of fused-ring (bicyclic) bond motifs is 1. The van der Waals surface area contributed by atoms with E-state index in [0.29, 0.717) is 23.2 Å². The van der Waals surface area contributed by atoms with Gasteiger partial charge in [-0.25, -0.2) is 9.97 Å². The molecule has 0 bridgehead atoms. The van der Waals surface area contributed by atoms with Crippen LogP contribution >= 0.6 is 11.6 Å². The first kappa shape index (κ1) is 19.2. The zero-order chi connectivity index (χ0) is 19.5. The van der Waals surface area contributed by atoms with Gasteiger partial charge in [-0.05, 0) is 68.0 Å². The van der Waals surface area contributed by atoms with Gasteiger partial charge >= 0.3 is 0 Å². The van der Waals surface area contributed by atoms with Gasteiger partial charge in [0.15, 0.2) is 0 Å². The molecule has 0 spiro atoms. The van der Waals surface area contributed by atoms with Crippen molar-refractivity contribution in [3.8, 4) is 11.1 Å². The molecule has 0 unspecified atom stereocenters. The summed E-state index contributed by atoms with van der Waals surface area (Å²) in [7, 11) is 0. The number of nitrogens with one attached hydrogen (secondary N) is 3. The second-order valence-electron chi connectivity index (χ2n) is 8.16. The van der Waals surface area contributed by atoms with E-state index in [4.69, 9.17) is 11.6 Å². The van der Waals surface area contributed by atoms with E-state index >= 15 is 0 Å². The zero-order valence-electron chi connectivity index (χ0n) is 16.5. The number of aromatic nitrogens is 3. The van der Waals surface area contributed by atoms with Crippen molar-refractivity contribution in [3.05, 3.63) is 41.8 Å². The summed E-state index contributed by atoms with van der Waals surface area (Å²) < 4.78 is 0. The second-order valence-corrected chi connectivity index (χ2v) is 8.55. The molecule has 3 N–H and O–H groups in total. The van der Waals surface area contributed by atoms with Crippen LogP contribution < -0.4 is 10.6 Å². The number of nitrogens with zero attached hydrogens (tertiary/aromatic N) is 2. The Morgan fingerprint density at radius 3 is 2.75 bits per heavy atom. The average molecular weight is 398 g/mol. The third-order valence-corrected chi connectivity index (χ3v) is 5.64. The first-order valence-corrected chi connectivity index (χ1v) is 10.6. The van der Waals surface area contributed by atoms with Crippen LogP contribution in [0.15, 0.2) is 36.7 Å². The fourth-order valence-electron chi connectivity index (χ4n) is 3.97. The number of rotatable bonds is 6. The van der Waals surface area contributed by atoms with Gasteiger partial charge in [-0.1, -0.05) is 25.4 Å². The van der Waals surface area contributed by atoms with E-state index in [-0.39, 0.29) is 0 Å². The maximum atomic E-state index is 6.34. The molecule has 1 aliphatic carbocycles. The molecule has 148 valence electrons. The Kier molecular flexibility index (Phi) is 5.83. The summed E-state index contributed by atoms with van der Waals surface area (Å²) in [4.78, 5) is 12.1. The van der Waals surface area contributed by atoms with E-state index in [9.17, 15) is 0 Å². The molecule has 0 aromatic carbocycles. The Morgan fingerprint density at radius 2 is 1.96 bits per heavy atom. The highest BCUT2D eigenvalue weighted by Crippen LogP contribution is 2.31. The molecule has 0 saturated heterocycles. The molecule has 0 aliphatic heterocycles. The highest BCUT2D eigenvalue weighted by molar-refractivity contribution is 6.29. The van der Waals surface area contributed by atoms with Crippen molar-refractivity contribution in [1.82, 2.24) is 20.3 Å². The van der Waals surface area contributed by atoms with Crippen LogP contribution in [-0.2, 0) is 0 Å². The summed E-state index contributed by atoms with van der Waals surface area (Å²) in [6.45, 7) is 5.61. The summed E-state index contributed by atoms with van der Waals surface area (Å²) in [6, 6.07) is 9.11. The molecule has 0 atom stereocenters. The summed E-state index contributed by atoms with van der Waals surface area (Å²) >= 11 is 6.34. The minimum Gasteiger partial charge on any atom is -0.367 e. The van der Waals surface area contributed by atoms with Gasteiger partial charge in [-0.15, -0.1) is 0 Å². The van der Waals surface area contributed by atoms with Crippen molar-refractivity contribution >= 4 is 28.5 Å². The minimum absolute atomic E-state index is 0.445. The molecule has 4 rings (SSSR count). The highest BCUT2D eigenvalue weighted by Gasteiger charge is 2.21. The molecule has 3 aromatic heterocycles. The Bertz CT molecular complexity index is 928. The van der Waals surface area contributed by atoms with Gasteiger partial charge in [0.25, 0.3) is 0 Å². The maximum absolute atomic E-state index is 6.34. The lowest BCUT2D eigenvalue weighted by atomic mass is 9.91. The van der Waals surface area contributed by atoms with E-state index in [1.54, 1.807) is 6.20 Å². The molecule has 1 fully saturated rings. The Hall–Kier alpha value is -2.11. The van der Waals surface area contributed by atoms with Gasteiger partial charge in [0.1, 0.15) is 16.6 Å². The summed E-state index contributed by atoms with van der Waals surface area (Å²) in [5.74, 6) is 1.55. The van der Waals surface area contributed by atoms with Gasteiger partial charge in [0.05, 0.1) is 0 Å². The Labute approximate surface area is 171 Å². The van der Waals surface area contributed by atoms with Crippen LogP contribution in [0.2, 0.25) is 5.15 Å². The van der Waals surface area contributed by atoms with Crippen molar-refractivity contribution in [1.29, 1.82) is 0 Å². The molecule has 0 radical (unpaired) electrons. The number of aromatic amines is 1. The van der Waals surface area contributed by atoms with Crippen molar-refractivity contribution in [2.24, 2.45) is 5.92 Å². The van der Waals surface area contributed by atoms with Crippen LogP contribution in [0.3, 0.4) is 0 Å². The predicted octanol–water partition coefficient (Wildman–Crippen LogP) is 5.25. The molecule has 1 saturated carbocycles. The van der Waals surface area contributed by atoms with E-state index in [0.717, 1.165) is 47.4 Å². The summed E-state index contributed by atoms with van der Waals surface area (Å²) in [5.41, 5.74) is 3.03. The van der Waals surface area contributed by atoms with Crippen LogP contribution in [0.5, 0.6) is 0 Å². The van der Waals surface area contributed by atoms with Crippen molar-refractivity contribution in [2.45, 2.75) is 51.6 Å². The lowest BCUT2D eigenvalue weighted by Gasteiger charge is -2.30. The quantitative estimate of drug-likeness (QED) is 0.497. The lowest BCUT2D eigenvalue weighted by Crippen LogP contribution is -2.38. The molecule has 1 aliphatic rings. The zero-order valence-corrected chi connectivity index (χ0v) is 17.3. The van der Waals surface area contributed by atoms with Crippen LogP contribution in [0.25, 0.3) is 22.2 Å². The highest BCUT2D eigenvalue weighted by atomic mass is 35.5. The number of pyridine rings is 2. The topological polar surface area (TPSA) is 65.6 Å².